The number of aliphatic carboxylic acids is 1. The number of carbonyl (C=O) groups is 1. The van der Waals surface area contributed by atoms with Gasteiger partial charge in [-0.3, -0.25) is 4.79 Å². The summed E-state index contributed by atoms with van der Waals surface area (Å²) in [6.45, 7) is 1.95. The van der Waals surface area contributed by atoms with Gasteiger partial charge in [0, 0.05) is 5.56 Å². The number of fused-ring (bicyclic) bond motifs is 1. The molecule has 0 aliphatic heterocycles. The molecule has 4 nitrogen and oxygen atoms in total. The van der Waals surface area contributed by atoms with Gasteiger partial charge in [-0.05, 0) is 47.9 Å². The quantitative estimate of drug-likeness (QED) is 0.795. The molecule has 0 bridgehead atoms. The van der Waals surface area contributed by atoms with E-state index in [1.54, 1.807) is 24.3 Å². The molecular weight excluding hydrogens is 285 g/mol. The Morgan fingerprint density at radius 3 is 2.59 bits per heavy atom. The van der Waals surface area contributed by atoms with Gasteiger partial charge in [0.1, 0.15) is 11.3 Å². The van der Waals surface area contributed by atoms with Gasteiger partial charge in [-0.15, -0.1) is 0 Å². The minimum atomic E-state index is -0.878. The lowest BCUT2D eigenvalue weighted by atomic mass is 10.0. The third-order valence-corrected chi connectivity index (χ3v) is 3.55. The molecule has 0 saturated heterocycles. The standard InChI is InChI=1S/C17H14FNO3/c1-2-13-11(9-15(20)21)5-8-14-16(13)19-17(22-14)10-3-6-12(18)7-4-10/h3-8H,2,9H2,1H3,(H,20,21). The van der Waals surface area contributed by atoms with E-state index < -0.39 is 5.97 Å². The number of halogens is 1. The van der Waals surface area contributed by atoms with Gasteiger partial charge in [0.05, 0.1) is 6.42 Å². The van der Waals surface area contributed by atoms with Crippen molar-refractivity contribution in [2.45, 2.75) is 19.8 Å². The van der Waals surface area contributed by atoms with Crippen LogP contribution in [-0.2, 0) is 17.6 Å². The van der Waals surface area contributed by atoms with Crippen LogP contribution in [0.15, 0.2) is 40.8 Å². The topological polar surface area (TPSA) is 63.3 Å². The smallest absolute Gasteiger partial charge is 0.307 e. The number of nitrogens with zero attached hydrogens (tertiary/aromatic N) is 1. The summed E-state index contributed by atoms with van der Waals surface area (Å²) in [4.78, 5) is 15.4. The molecule has 5 heteroatoms. The minimum Gasteiger partial charge on any atom is -0.481 e. The Bertz CT molecular complexity index is 837. The molecule has 0 unspecified atom stereocenters. The summed E-state index contributed by atoms with van der Waals surface area (Å²) in [5.41, 5.74) is 3.56. The molecule has 0 saturated carbocycles. The van der Waals surface area contributed by atoms with E-state index in [2.05, 4.69) is 4.98 Å². The van der Waals surface area contributed by atoms with Crippen LogP contribution in [0, 0.1) is 5.82 Å². The van der Waals surface area contributed by atoms with E-state index in [1.807, 2.05) is 6.92 Å². The predicted molar refractivity (Wildman–Crippen MR) is 80.1 cm³/mol. The van der Waals surface area contributed by atoms with Crippen LogP contribution < -0.4 is 0 Å². The molecule has 3 rings (SSSR count). The fraction of sp³-hybridized carbons (Fsp3) is 0.176. The van der Waals surface area contributed by atoms with Crippen molar-refractivity contribution in [3.63, 3.8) is 0 Å². The van der Waals surface area contributed by atoms with Crippen molar-refractivity contribution < 1.29 is 18.7 Å². The maximum atomic E-state index is 13.0. The number of aromatic nitrogens is 1. The van der Waals surface area contributed by atoms with Gasteiger partial charge < -0.3 is 9.52 Å². The first kappa shape index (κ1) is 14.3. The van der Waals surface area contributed by atoms with Crippen LogP contribution >= 0.6 is 0 Å². The number of hydrogen-bond donors (Lipinski definition) is 1. The summed E-state index contributed by atoms with van der Waals surface area (Å²) in [6, 6.07) is 9.39. The van der Waals surface area contributed by atoms with Crippen LogP contribution in [0.3, 0.4) is 0 Å². The highest BCUT2D eigenvalue weighted by Crippen LogP contribution is 2.29. The molecule has 1 aromatic heterocycles. The summed E-state index contributed by atoms with van der Waals surface area (Å²) in [5, 5.41) is 8.99. The lowest BCUT2D eigenvalue weighted by Gasteiger charge is -2.05. The van der Waals surface area contributed by atoms with Crippen molar-refractivity contribution in [3.05, 3.63) is 53.3 Å². The van der Waals surface area contributed by atoms with Crippen molar-refractivity contribution in [1.82, 2.24) is 4.98 Å². The highest BCUT2D eigenvalue weighted by atomic mass is 19.1. The number of aryl methyl sites for hydroxylation is 1. The van der Waals surface area contributed by atoms with Crippen molar-refractivity contribution in [3.8, 4) is 11.5 Å². The van der Waals surface area contributed by atoms with E-state index in [-0.39, 0.29) is 12.2 Å². The van der Waals surface area contributed by atoms with Crippen LogP contribution in [0.4, 0.5) is 4.39 Å². The third-order valence-electron chi connectivity index (χ3n) is 3.55. The highest BCUT2D eigenvalue weighted by molar-refractivity contribution is 5.83. The van der Waals surface area contributed by atoms with Crippen molar-refractivity contribution in [2.24, 2.45) is 0 Å². The SMILES string of the molecule is CCc1c(CC(=O)O)ccc2oc(-c3ccc(F)cc3)nc12. The van der Waals surface area contributed by atoms with Crippen molar-refractivity contribution in [1.29, 1.82) is 0 Å². The Kier molecular flexibility index (Phi) is 3.63. The zero-order valence-corrected chi connectivity index (χ0v) is 12.0. The Morgan fingerprint density at radius 1 is 1.23 bits per heavy atom. The maximum absolute atomic E-state index is 13.0. The molecule has 0 aliphatic carbocycles. The molecule has 1 N–H and O–H groups in total. The summed E-state index contributed by atoms with van der Waals surface area (Å²) in [7, 11) is 0. The molecule has 112 valence electrons. The number of benzene rings is 2. The molecule has 0 spiro atoms. The molecular formula is C17H14FNO3. The summed E-state index contributed by atoms with van der Waals surface area (Å²) in [6.07, 6.45) is 0.618. The third kappa shape index (κ3) is 2.57. The van der Waals surface area contributed by atoms with Gasteiger partial charge in [-0.1, -0.05) is 13.0 Å². The summed E-state index contributed by atoms with van der Waals surface area (Å²) >= 11 is 0. The maximum Gasteiger partial charge on any atom is 0.307 e. The number of oxazole rings is 1. The van der Waals surface area contributed by atoms with Gasteiger partial charge in [0.15, 0.2) is 5.58 Å². The lowest BCUT2D eigenvalue weighted by molar-refractivity contribution is -0.136. The van der Waals surface area contributed by atoms with E-state index in [0.29, 0.717) is 29.0 Å². The normalized spacial score (nSPS) is 11.0. The van der Waals surface area contributed by atoms with Crippen molar-refractivity contribution >= 4 is 17.1 Å². The van der Waals surface area contributed by atoms with Gasteiger partial charge in [-0.2, -0.15) is 0 Å². The molecule has 0 fully saturated rings. The van der Waals surface area contributed by atoms with Gasteiger partial charge in [-0.25, -0.2) is 9.37 Å². The average molecular weight is 299 g/mol. The van der Waals surface area contributed by atoms with Crippen LogP contribution in [-0.4, -0.2) is 16.1 Å². The first-order chi connectivity index (χ1) is 10.6. The lowest BCUT2D eigenvalue weighted by Crippen LogP contribution is -2.03. The molecule has 0 amide bonds. The molecule has 0 atom stereocenters. The first-order valence-electron chi connectivity index (χ1n) is 6.97. The van der Waals surface area contributed by atoms with E-state index in [1.165, 1.54) is 12.1 Å². The second kappa shape index (κ2) is 5.60. The monoisotopic (exact) mass is 299 g/mol. The number of hydrogen-bond acceptors (Lipinski definition) is 3. The molecule has 1 heterocycles. The Morgan fingerprint density at radius 2 is 1.95 bits per heavy atom. The first-order valence-corrected chi connectivity index (χ1v) is 6.97. The summed E-state index contributed by atoms with van der Waals surface area (Å²) in [5.74, 6) is -0.800. The minimum absolute atomic E-state index is 0.0438. The average Bonchev–Trinajstić information content (AvgIpc) is 2.91. The van der Waals surface area contributed by atoms with Crippen LogP contribution in [0.25, 0.3) is 22.6 Å². The predicted octanol–water partition coefficient (Wildman–Crippen LogP) is 3.82. The fourth-order valence-corrected chi connectivity index (χ4v) is 2.53. The molecule has 2 aromatic carbocycles. The number of carboxylic acid groups (broad SMARTS) is 1. The Balaban J connectivity index is 2.12. The van der Waals surface area contributed by atoms with Crippen LogP contribution in [0.1, 0.15) is 18.1 Å². The van der Waals surface area contributed by atoms with Crippen LogP contribution in [0.5, 0.6) is 0 Å². The highest BCUT2D eigenvalue weighted by Gasteiger charge is 2.15. The largest absolute Gasteiger partial charge is 0.481 e. The zero-order chi connectivity index (χ0) is 15.7. The Labute approximate surface area is 126 Å². The van der Waals surface area contributed by atoms with E-state index >= 15 is 0 Å². The van der Waals surface area contributed by atoms with Gasteiger partial charge in [0.2, 0.25) is 5.89 Å². The second-order valence-corrected chi connectivity index (χ2v) is 5.00. The van der Waals surface area contributed by atoms with Crippen molar-refractivity contribution in [2.75, 3.05) is 0 Å². The van der Waals surface area contributed by atoms with E-state index in [9.17, 15) is 9.18 Å². The number of rotatable bonds is 4. The Hall–Kier alpha value is -2.69. The molecule has 3 aromatic rings. The van der Waals surface area contributed by atoms with Gasteiger partial charge in [0.25, 0.3) is 0 Å². The second-order valence-electron chi connectivity index (χ2n) is 5.00. The zero-order valence-electron chi connectivity index (χ0n) is 12.0. The molecule has 22 heavy (non-hydrogen) atoms. The van der Waals surface area contributed by atoms with Crippen LogP contribution in [0.2, 0.25) is 0 Å². The fourth-order valence-electron chi connectivity index (χ4n) is 2.53. The van der Waals surface area contributed by atoms with E-state index in [0.717, 1.165) is 11.1 Å². The summed E-state index contributed by atoms with van der Waals surface area (Å²) < 4.78 is 18.7. The molecule has 0 aliphatic rings. The van der Waals surface area contributed by atoms with E-state index in [4.69, 9.17) is 9.52 Å². The number of carboxylic acids is 1. The molecule has 0 radical (unpaired) electrons. The van der Waals surface area contributed by atoms with Gasteiger partial charge >= 0.3 is 5.97 Å².